The van der Waals surface area contributed by atoms with Crippen LogP contribution in [0.25, 0.3) is 0 Å². The van der Waals surface area contributed by atoms with Gasteiger partial charge in [0.2, 0.25) is 5.91 Å². The number of hydrogen-bond acceptors (Lipinski definition) is 5. The Morgan fingerprint density at radius 2 is 2.20 bits per heavy atom. The monoisotopic (exact) mass is 340 g/mol. The largest absolute Gasteiger partial charge is 0.364 e. The summed E-state index contributed by atoms with van der Waals surface area (Å²) in [6, 6.07) is 5.32. The maximum Gasteiger partial charge on any atom is 0.251 e. The molecule has 3 heterocycles. The van der Waals surface area contributed by atoms with Crippen LogP contribution in [0, 0.1) is 0 Å². The molecule has 1 aromatic heterocycles. The molecule has 0 saturated carbocycles. The number of nitrogens with zero attached hydrogens (tertiary/aromatic N) is 4. The Kier molecular flexibility index (Phi) is 3.87. The number of rotatable bonds is 3. The molecule has 4 rings (SSSR count). The summed E-state index contributed by atoms with van der Waals surface area (Å²) in [7, 11) is 1.85. The number of anilines is 2. The van der Waals surface area contributed by atoms with Crippen LogP contribution in [0.1, 0.15) is 34.8 Å². The third-order valence-corrected chi connectivity index (χ3v) is 4.67. The molecule has 8 nitrogen and oxygen atoms in total. The van der Waals surface area contributed by atoms with Crippen molar-refractivity contribution in [1.29, 1.82) is 0 Å². The fraction of sp³-hybridized carbons (Fsp3) is 0.412. The summed E-state index contributed by atoms with van der Waals surface area (Å²) in [6.45, 7) is 1.57. The first kappa shape index (κ1) is 15.6. The minimum Gasteiger partial charge on any atom is -0.364 e. The SMILES string of the molecule is CN1CC(=O)Nc2cc(C(=O)NCc3nnc4n3CCCC4)ccc21. The van der Waals surface area contributed by atoms with Crippen LogP contribution in [-0.4, -0.2) is 40.2 Å². The van der Waals surface area contributed by atoms with Crippen molar-refractivity contribution >= 4 is 23.2 Å². The van der Waals surface area contributed by atoms with Gasteiger partial charge in [0.1, 0.15) is 5.82 Å². The van der Waals surface area contributed by atoms with E-state index in [4.69, 9.17) is 0 Å². The molecule has 25 heavy (non-hydrogen) atoms. The van der Waals surface area contributed by atoms with E-state index in [2.05, 4.69) is 25.4 Å². The Bertz CT molecular complexity index is 844. The Hall–Kier alpha value is -2.90. The quantitative estimate of drug-likeness (QED) is 0.867. The lowest BCUT2D eigenvalue weighted by Gasteiger charge is -2.27. The second-order valence-electron chi connectivity index (χ2n) is 6.46. The third kappa shape index (κ3) is 2.95. The highest BCUT2D eigenvalue weighted by atomic mass is 16.2. The zero-order chi connectivity index (χ0) is 17.4. The molecule has 1 aromatic carbocycles. The number of hydrogen-bond donors (Lipinski definition) is 2. The standard InChI is InChI=1S/C17H20N6O2/c1-22-10-16(24)19-12-8-11(5-6-13(12)22)17(25)18-9-15-21-20-14-4-2-3-7-23(14)15/h5-6,8H,2-4,7,9-10H2,1H3,(H,18,25)(H,19,24). The summed E-state index contributed by atoms with van der Waals surface area (Å²) in [5.41, 5.74) is 2.07. The average Bonchev–Trinajstić information content (AvgIpc) is 3.02. The van der Waals surface area contributed by atoms with Gasteiger partial charge in [-0.2, -0.15) is 0 Å². The first-order valence-electron chi connectivity index (χ1n) is 8.46. The molecule has 2 amide bonds. The lowest BCUT2D eigenvalue weighted by atomic mass is 10.1. The molecule has 2 aliphatic rings. The molecule has 0 bridgehead atoms. The molecular weight excluding hydrogens is 320 g/mol. The van der Waals surface area contributed by atoms with Crippen LogP contribution >= 0.6 is 0 Å². The molecule has 2 aliphatic heterocycles. The average molecular weight is 340 g/mol. The van der Waals surface area contributed by atoms with Crippen molar-refractivity contribution in [3.05, 3.63) is 35.4 Å². The van der Waals surface area contributed by atoms with Gasteiger partial charge in [-0.15, -0.1) is 10.2 Å². The number of aromatic nitrogens is 3. The van der Waals surface area contributed by atoms with Crippen LogP contribution in [-0.2, 0) is 24.3 Å². The van der Waals surface area contributed by atoms with Crippen molar-refractivity contribution in [2.24, 2.45) is 0 Å². The number of likely N-dealkylation sites (N-methyl/N-ethyl adjacent to an activating group) is 1. The Morgan fingerprint density at radius 3 is 3.08 bits per heavy atom. The zero-order valence-electron chi connectivity index (χ0n) is 14.1. The Labute approximate surface area is 145 Å². The van der Waals surface area contributed by atoms with E-state index >= 15 is 0 Å². The highest BCUT2D eigenvalue weighted by molar-refractivity contribution is 6.03. The maximum absolute atomic E-state index is 12.5. The van der Waals surface area contributed by atoms with E-state index in [1.165, 1.54) is 0 Å². The van der Waals surface area contributed by atoms with E-state index in [9.17, 15) is 9.59 Å². The van der Waals surface area contributed by atoms with Gasteiger partial charge in [-0.25, -0.2) is 0 Å². The summed E-state index contributed by atoms with van der Waals surface area (Å²) in [4.78, 5) is 26.0. The van der Waals surface area contributed by atoms with E-state index in [1.54, 1.807) is 12.1 Å². The summed E-state index contributed by atoms with van der Waals surface area (Å²) in [5, 5.41) is 14.1. The van der Waals surface area contributed by atoms with Crippen molar-refractivity contribution in [2.75, 3.05) is 23.8 Å². The highest BCUT2D eigenvalue weighted by Crippen LogP contribution is 2.29. The predicted molar refractivity (Wildman–Crippen MR) is 92.5 cm³/mol. The number of amides is 2. The number of carbonyl (C=O) groups is 2. The predicted octanol–water partition coefficient (Wildman–Crippen LogP) is 0.933. The van der Waals surface area contributed by atoms with Gasteiger partial charge in [0.25, 0.3) is 5.91 Å². The van der Waals surface area contributed by atoms with Crippen LogP contribution in [0.4, 0.5) is 11.4 Å². The third-order valence-electron chi connectivity index (χ3n) is 4.67. The van der Waals surface area contributed by atoms with Crippen LogP contribution in [0.3, 0.4) is 0 Å². The van der Waals surface area contributed by atoms with Crippen molar-refractivity contribution in [3.8, 4) is 0 Å². The van der Waals surface area contributed by atoms with Gasteiger partial charge < -0.3 is 20.1 Å². The number of fused-ring (bicyclic) bond motifs is 2. The van der Waals surface area contributed by atoms with E-state index in [-0.39, 0.29) is 11.8 Å². The van der Waals surface area contributed by atoms with Crippen LogP contribution in [0.5, 0.6) is 0 Å². The molecule has 8 heteroatoms. The molecule has 0 atom stereocenters. The van der Waals surface area contributed by atoms with Gasteiger partial charge in [-0.3, -0.25) is 9.59 Å². The first-order chi connectivity index (χ1) is 12.1. The van der Waals surface area contributed by atoms with E-state index in [0.29, 0.717) is 24.3 Å². The Balaban J connectivity index is 1.47. The summed E-state index contributed by atoms with van der Waals surface area (Å²) in [6.07, 6.45) is 3.20. The summed E-state index contributed by atoms with van der Waals surface area (Å²) >= 11 is 0. The van der Waals surface area contributed by atoms with Crippen molar-refractivity contribution in [2.45, 2.75) is 32.4 Å². The number of carbonyl (C=O) groups excluding carboxylic acids is 2. The normalized spacial score (nSPS) is 16.0. The van der Waals surface area contributed by atoms with Crippen LogP contribution in [0.2, 0.25) is 0 Å². The Morgan fingerprint density at radius 1 is 1.32 bits per heavy atom. The van der Waals surface area contributed by atoms with Gasteiger partial charge in [0, 0.05) is 25.6 Å². The van der Waals surface area contributed by atoms with Gasteiger partial charge in [0.05, 0.1) is 24.5 Å². The van der Waals surface area contributed by atoms with E-state index < -0.39 is 0 Å². The minimum atomic E-state index is -0.196. The molecule has 130 valence electrons. The molecule has 0 radical (unpaired) electrons. The lowest BCUT2D eigenvalue weighted by Crippen LogP contribution is -2.35. The molecule has 0 fully saturated rings. The van der Waals surface area contributed by atoms with Gasteiger partial charge in [0.15, 0.2) is 5.82 Å². The fourth-order valence-corrected chi connectivity index (χ4v) is 3.36. The molecule has 0 spiro atoms. The molecular formula is C17H20N6O2. The lowest BCUT2D eigenvalue weighted by molar-refractivity contribution is -0.115. The molecule has 2 aromatic rings. The minimum absolute atomic E-state index is 0.0809. The van der Waals surface area contributed by atoms with E-state index in [0.717, 1.165) is 43.1 Å². The zero-order valence-corrected chi connectivity index (χ0v) is 14.1. The van der Waals surface area contributed by atoms with E-state index in [1.807, 2.05) is 18.0 Å². The van der Waals surface area contributed by atoms with Crippen molar-refractivity contribution < 1.29 is 9.59 Å². The second kappa shape index (κ2) is 6.19. The van der Waals surface area contributed by atoms with Crippen molar-refractivity contribution in [3.63, 3.8) is 0 Å². The number of nitrogens with one attached hydrogen (secondary N) is 2. The van der Waals surface area contributed by atoms with Crippen molar-refractivity contribution in [1.82, 2.24) is 20.1 Å². The van der Waals surface area contributed by atoms with Crippen LogP contribution in [0.15, 0.2) is 18.2 Å². The first-order valence-corrected chi connectivity index (χ1v) is 8.46. The van der Waals surface area contributed by atoms with Gasteiger partial charge >= 0.3 is 0 Å². The van der Waals surface area contributed by atoms with Gasteiger partial charge in [-0.05, 0) is 31.0 Å². The summed E-state index contributed by atoms with van der Waals surface area (Å²) in [5.74, 6) is 1.50. The molecule has 0 unspecified atom stereocenters. The van der Waals surface area contributed by atoms with Gasteiger partial charge in [-0.1, -0.05) is 0 Å². The molecule has 0 saturated heterocycles. The van der Waals surface area contributed by atoms with Crippen LogP contribution < -0.4 is 15.5 Å². The fourth-order valence-electron chi connectivity index (χ4n) is 3.36. The maximum atomic E-state index is 12.5. The number of benzene rings is 1. The highest BCUT2D eigenvalue weighted by Gasteiger charge is 2.21. The molecule has 2 N–H and O–H groups in total. The number of aryl methyl sites for hydroxylation is 1. The topological polar surface area (TPSA) is 92.2 Å². The molecule has 0 aliphatic carbocycles. The smallest absolute Gasteiger partial charge is 0.251 e. The second-order valence-corrected chi connectivity index (χ2v) is 6.46. The summed E-state index contributed by atoms with van der Waals surface area (Å²) < 4.78 is 2.09.